The normalized spacial score (nSPS) is 16.2. The highest BCUT2D eigenvalue weighted by molar-refractivity contribution is 5.92. The molecular formula is C18H21F4N3O2. The van der Waals surface area contributed by atoms with Crippen LogP contribution < -0.4 is 0 Å². The Kier molecular flexibility index (Phi) is 6.45. The Hall–Kier alpha value is -2.58. The zero-order valence-electron chi connectivity index (χ0n) is 14.8. The second kappa shape index (κ2) is 8.41. The number of nitrogens with zero attached hydrogens (tertiary/aromatic N) is 2. The number of hydrogen-bond donors (Lipinski definition) is 2. The molecule has 0 atom stereocenters. The van der Waals surface area contributed by atoms with Gasteiger partial charge in [0.1, 0.15) is 17.3 Å². The lowest BCUT2D eigenvalue weighted by Crippen LogP contribution is -2.39. The number of aromatic amines is 1. The van der Waals surface area contributed by atoms with Crippen LogP contribution in [0.3, 0.4) is 0 Å². The van der Waals surface area contributed by atoms with Crippen LogP contribution in [0.4, 0.5) is 17.6 Å². The molecule has 2 N–H and O–H groups in total. The Morgan fingerprint density at radius 1 is 1.48 bits per heavy atom. The molecule has 1 fully saturated rings. The van der Waals surface area contributed by atoms with Gasteiger partial charge in [-0.2, -0.15) is 18.3 Å². The predicted octanol–water partition coefficient (Wildman–Crippen LogP) is 4.54. The molecule has 0 aromatic carbocycles. The van der Waals surface area contributed by atoms with Gasteiger partial charge in [-0.1, -0.05) is 13.0 Å². The third-order valence-corrected chi connectivity index (χ3v) is 4.38. The van der Waals surface area contributed by atoms with E-state index in [2.05, 4.69) is 16.8 Å². The molecule has 9 heteroatoms. The highest BCUT2D eigenvalue weighted by Crippen LogP contribution is 2.30. The number of aromatic nitrogens is 2. The van der Waals surface area contributed by atoms with Gasteiger partial charge in [-0.05, 0) is 31.8 Å². The molecule has 1 amide bonds. The summed E-state index contributed by atoms with van der Waals surface area (Å²) in [4.78, 5) is 13.9. The lowest BCUT2D eigenvalue weighted by atomic mass is 9.85. The molecule has 5 nitrogen and oxygen atoms in total. The molecular weight excluding hydrogens is 366 g/mol. The zero-order chi connectivity index (χ0) is 20.2. The molecule has 27 heavy (non-hydrogen) atoms. The van der Waals surface area contributed by atoms with Crippen LogP contribution in [-0.2, 0) is 6.18 Å². The molecule has 1 saturated carbocycles. The minimum absolute atomic E-state index is 0.0633. The summed E-state index contributed by atoms with van der Waals surface area (Å²) in [6.45, 7) is 5.16. The van der Waals surface area contributed by atoms with Gasteiger partial charge >= 0.3 is 6.18 Å². The van der Waals surface area contributed by atoms with Gasteiger partial charge in [0.25, 0.3) is 5.91 Å². The number of amides is 1. The molecule has 0 bridgehead atoms. The van der Waals surface area contributed by atoms with Crippen molar-refractivity contribution in [1.29, 1.82) is 0 Å². The summed E-state index contributed by atoms with van der Waals surface area (Å²) in [7, 11) is 0. The number of carbonyl (C=O) groups is 1. The minimum Gasteiger partial charge on any atom is -0.508 e. The molecule has 1 aliphatic carbocycles. The third kappa shape index (κ3) is 5.45. The fourth-order valence-electron chi connectivity index (χ4n) is 2.57. The van der Waals surface area contributed by atoms with Gasteiger partial charge in [-0.3, -0.25) is 9.89 Å². The number of carbonyl (C=O) groups excluding carboxylic acids is 1. The first-order valence-corrected chi connectivity index (χ1v) is 8.44. The quantitative estimate of drug-likeness (QED) is 0.410. The molecule has 1 heterocycles. The number of H-pyrrole nitrogens is 1. The second-order valence-corrected chi connectivity index (χ2v) is 6.46. The maximum absolute atomic E-state index is 14.1. The fourth-order valence-corrected chi connectivity index (χ4v) is 2.57. The molecule has 0 aliphatic heterocycles. The molecule has 0 spiro atoms. The van der Waals surface area contributed by atoms with Gasteiger partial charge in [0, 0.05) is 30.8 Å². The van der Waals surface area contributed by atoms with Crippen molar-refractivity contribution < 1.29 is 27.5 Å². The van der Waals surface area contributed by atoms with Crippen LogP contribution in [-0.4, -0.2) is 39.2 Å². The summed E-state index contributed by atoms with van der Waals surface area (Å²) in [5.41, 5.74) is -1.58. The summed E-state index contributed by atoms with van der Waals surface area (Å²) >= 11 is 0. The van der Waals surface area contributed by atoms with Gasteiger partial charge in [-0.15, -0.1) is 0 Å². The second-order valence-electron chi connectivity index (χ2n) is 6.46. The summed E-state index contributed by atoms with van der Waals surface area (Å²) in [6.07, 6.45) is 0.283. The zero-order valence-corrected chi connectivity index (χ0v) is 14.8. The Bertz CT molecular complexity index is 761. The smallest absolute Gasteiger partial charge is 0.435 e. The van der Waals surface area contributed by atoms with Crippen LogP contribution in [0.15, 0.2) is 42.0 Å². The highest BCUT2D eigenvalue weighted by atomic mass is 19.4. The van der Waals surface area contributed by atoms with Crippen LogP contribution in [0.5, 0.6) is 0 Å². The first-order valence-electron chi connectivity index (χ1n) is 8.44. The van der Waals surface area contributed by atoms with Crippen LogP contribution in [0.25, 0.3) is 0 Å². The van der Waals surface area contributed by atoms with E-state index in [1.54, 1.807) is 0 Å². The summed E-state index contributed by atoms with van der Waals surface area (Å²) < 4.78 is 52.2. The maximum Gasteiger partial charge on any atom is 0.435 e. The number of rotatable bonds is 7. The van der Waals surface area contributed by atoms with Crippen LogP contribution in [0.2, 0.25) is 0 Å². The molecule has 1 aliphatic rings. The number of alkyl halides is 3. The van der Waals surface area contributed by atoms with E-state index in [0.717, 1.165) is 25.3 Å². The standard InChI is InChI=1S/C18H21F4N3O2/c1-3-13(26)7-14(19)11(2)9-25(10-12-5-4-6-12)17(27)15-8-16(24-23-15)18(20,21)22/h3,7-8,12,26H,2,4-6,9-10H2,1H3,(H,23,24)/b13-3+,14-7+. The molecule has 1 aromatic heterocycles. The summed E-state index contributed by atoms with van der Waals surface area (Å²) in [6, 6.07) is 0.636. The molecule has 0 saturated heterocycles. The molecule has 0 unspecified atom stereocenters. The van der Waals surface area contributed by atoms with Gasteiger partial charge in [0.2, 0.25) is 0 Å². The van der Waals surface area contributed by atoms with Crippen molar-refractivity contribution in [3.63, 3.8) is 0 Å². The number of aliphatic hydroxyl groups is 1. The van der Waals surface area contributed by atoms with E-state index in [-0.39, 0.29) is 36.0 Å². The van der Waals surface area contributed by atoms with Gasteiger partial charge in [0.15, 0.2) is 5.69 Å². The number of allylic oxidation sites excluding steroid dienone is 2. The lowest BCUT2D eigenvalue weighted by Gasteiger charge is -2.32. The van der Waals surface area contributed by atoms with Gasteiger partial charge < -0.3 is 10.0 Å². The van der Waals surface area contributed by atoms with Crippen LogP contribution in [0.1, 0.15) is 42.4 Å². The van der Waals surface area contributed by atoms with E-state index in [9.17, 15) is 27.5 Å². The number of halogens is 4. The van der Waals surface area contributed by atoms with Crippen molar-refractivity contribution in [3.05, 3.63) is 53.3 Å². The minimum atomic E-state index is -4.67. The summed E-state index contributed by atoms with van der Waals surface area (Å²) in [5.74, 6) is -1.61. The van der Waals surface area contributed by atoms with E-state index in [1.165, 1.54) is 17.9 Å². The Morgan fingerprint density at radius 2 is 2.15 bits per heavy atom. The molecule has 2 rings (SSSR count). The van der Waals surface area contributed by atoms with Crippen molar-refractivity contribution in [2.75, 3.05) is 13.1 Å². The molecule has 1 aromatic rings. The monoisotopic (exact) mass is 387 g/mol. The molecule has 0 radical (unpaired) electrons. The Labute approximate surface area is 154 Å². The topological polar surface area (TPSA) is 69.2 Å². The van der Waals surface area contributed by atoms with Crippen molar-refractivity contribution in [3.8, 4) is 0 Å². The average molecular weight is 387 g/mol. The largest absolute Gasteiger partial charge is 0.508 e. The number of hydrogen-bond acceptors (Lipinski definition) is 3. The van der Waals surface area contributed by atoms with Gasteiger partial charge in [0.05, 0.1) is 0 Å². The predicted molar refractivity (Wildman–Crippen MR) is 91.6 cm³/mol. The number of nitrogens with one attached hydrogen (secondary N) is 1. The van der Waals surface area contributed by atoms with E-state index in [1.807, 2.05) is 0 Å². The van der Waals surface area contributed by atoms with E-state index in [0.29, 0.717) is 6.07 Å². The Morgan fingerprint density at radius 3 is 2.63 bits per heavy atom. The molecule has 148 valence electrons. The van der Waals surface area contributed by atoms with Crippen molar-refractivity contribution >= 4 is 5.91 Å². The van der Waals surface area contributed by atoms with Crippen LogP contribution >= 0.6 is 0 Å². The maximum atomic E-state index is 14.1. The average Bonchev–Trinajstić information content (AvgIpc) is 3.06. The third-order valence-electron chi connectivity index (χ3n) is 4.38. The van der Waals surface area contributed by atoms with E-state index < -0.39 is 23.6 Å². The first-order chi connectivity index (χ1) is 12.6. The Balaban J connectivity index is 2.18. The highest BCUT2D eigenvalue weighted by Gasteiger charge is 2.35. The lowest BCUT2D eigenvalue weighted by molar-refractivity contribution is -0.141. The van der Waals surface area contributed by atoms with E-state index >= 15 is 0 Å². The van der Waals surface area contributed by atoms with Crippen molar-refractivity contribution in [2.24, 2.45) is 5.92 Å². The number of aliphatic hydroxyl groups excluding tert-OH is 1. The SMILES string of the molecule is C=C(CN(CC1CCC1)C(=O)c1cc(C(F)(F)F)n[nH]1)/C(F)=C\C(O)=C/C. The van der Waals surface area contributed by atoms with Crippen molar-refractivity contribution in [1.82, 2.24) is 15.1 Å². The summed E-state index contributed by atoms with van der Waals surface area (Å²) in [5, 5.41) is 14.6. The fraction of sp³-hybridized carbons (Fsp3) is 0.444. The van der Waals surface area contributed by atoms with E-state index in [4.69, 9.17) is 0 Å². The first kappa shape index (κ1) is 20.7. The van der Waals surface area contributed by atoms with Gasteiger partial charge in [-0.25, -0.2) is 4.39 Å². The van der Waals surface area contributed by atoms with Crippen molar-refractivity contribution in [2.45, 2.75) is 32.4 Å². The van der Waals surface area contributed by atoms with Crippen LogP contribution in [0, 0.1) is 5.92 Å².